The summed E-state index contributed by atoms with van der Waals surface area (Å²) in [5.74, 6) is 0.107. The normalized spacial score (nSPS) is 21.3. The van der Waals surface area contributed by atoms with E-state index in [1.807, 2.05) is 61.2 Å². The van der Waals surface area contributed by atoms with Gasteiger partial charge in [-0.2, -0.15) is 0 Å². The lowest BCUT2D eigenvalue weighted by Gasteiger charge is -2.33. The molecule has 1 aromatic rings. The highest BCUT2D eigenvalue weighted by Crippen LogP contribution is 2.08. The monoisotopic (exact) mass is 317 g/mol. The molecule has 1 aliphatic rings. The first kappa shape index (κ1) is 16.5. The Bertz CT molecular complexity index is 544. The second-order valence-corrected chi connectivity index (χ2v) is 5.91. The van der Waals surface area contributed by atoms with Crippen molar-refractivity contribution < 1.29 is 4.79 Å². The number of carbonyl (C=O) groups is 1. The van der Waals surface area contributed by atoms with Crippen molar-refractivity contribution in [3.63, 3.8) is 0 Å². The lowest BCUT2D eigenvalue weighted by molar-refractivity contribution is -0.132. The summed E-state index contributed by atoms with van der Waals surface area (Å²) in [5.41, 5.74) is 1.14. The van der Waals surface area contributed by atoms with Crippen LogP contribution >= 0.6 is 12.2 Å². The SMILES string of the molecule is CCN(C/C=C/c1ccccc1)C(=O)[C@@H]1C[C@@H](C)NC(=S)N1. The molecule has 22 heavy (non-hydrogen) atoms. The summed E-state index contributed by atoms with van der Waals surface area (Å²) < 4.78 is 0. The number of thiocarbonyl (C=S) groups is 1. The summed E-state index contributed by atoms with van der Waals surface area (Å²) in [6.45, 7) is 5.33. The first-order valence-electron chi connectivity index (χ1n) is 7.67. The van der Waals surface area contributed by atoms with Crippen LogP contribution in [-0.2, 0) is 4.79 Å². The minimum atomic E-state index is -0.228. The zero-order valence-corrected chi connectivity index (χ0v) is 13.9. The largest absolute Gasteiger partial charge is 0.360 e. The van der Waals surface area contributed by atoms with Crippen molar-refractivity contribution in [2.75, 3.05) is 13.1 Å². The van der Waals surface area contributed by atoms with Crippen molar-refractivity contribution in [1.82, 2.24) is 15.5 Å². The molecule has 4 nitrogen and oxygen atoms in total. The average Bonchev–Trinajstić information content (AvgIpc) is 2.51. The molecule has 118 valence electrons. The second-order valence-electron chi connectivity index (χ2n) is 5.50. The predicted molar refractivity (Wildman–Crippen MR) is 94.5 cm³/mol. The molecule has 5 heteroatoms. The molecule has 2 rings (SSSR count). The molecule has 0 saturated carbocycles. The van der Waals surface area contributed by atoms with Crippen molar-refractivity contribution in [3.05, 3.63) is 42.0 Å². The smallest absolute Gasteiger partial charge is 0.245 e. The topological polar surface area (TPSA) is 44.4 Å². The van der Waals surface area contributed by atoms with Gasteiger partial charge in [-0.3, -0.25) is 4.79 Å². The molecule has 0 aliphatic carbocycles. The number of hydrogen-bond acceptors (Lipinski definition) is 2. The molecule has 0 spiro atoms. The Morgan fingerprint density at radius 3 is 2.73 bits per heavy atom. The maximum absolute atomic E-state index is 12.6. The van der Waals surface area contributed by atoms with E-state index >= 15 is 0 Å². The summed E-state index contributed by atoms with van der Waals surface area (Å²) in [5, 5.41) is 6.76. The highest BCUT2D eigenvalue weighted by Gasteiger charge is 2.29. The molecule has 1 aromatic carbocycles. The van der Waals surface area contributed by atoms with E-state index in [0.29, 0.717) is 18.2 Å². The van der Waals surface area contributed by atoms with Crippen LogP contribution in [0, 0.1) is 0 Å². The predicted octanol–water partition coefficient (Wildman–Crippen LogP) is 2.17. The van der Waals surface area contributed by atoms with E-state index in [9.17, 15) is 4.79 Å². The molecule has 1 heterocycles. The van der Waals surface area contributed by atoms with E-state index in [1.54, 1.807) is 0 Å². The Kier molecular flexibility index (Phi) is 5.95. The molecule has 0 aromatic heterocycles. The van der Waals surface area contributed by atoms with Crippen molar-refractivity contribution in [1.29, 1.82) is 0 Å². The van der Waals surface area contributed by atoms with Gasteiger partial charge in [0, 0.05) is 19.1 Å². The number of nitrogens with one attached hydrogen (secondary N) is 2. The molecule has 1 saturated heterocycles. The number of carbonyl (C=O) groups excluding carboxylic acids is 1. The Labute approximate surface area is 137 Å². The fourth-order valence-corrected chi connectivity index (χ4v) is 2.88. The minimum Gasteiger partial charge on any atom is -0.360 e. The van der Waals surface area contributed by atoms with Crippen molar-refractivity contribution in [2.24, 2.45) is 0 Å². The molecule has 1 aliphatic heterocycles. The zero-order chi connectivity index (χ0) is 15.9. The summed E-state index contributed by atoms with van der Waals surface area (Å²) in [7, 11) is 0. The van der Waals surface area contributed by atoms with Crippen LogP contribution in [-0.4, -0.2) is 41.1 Å². The third-order valence-corrected chi connectivity index (χ3v) is 3.93. The number of nitrogens with zero attached hydrogens (tertiary/aromatic N) is 1. The van der Waals surface area contributed by atoms with Crippen molar-refractivity contribution in [2.45, 2.75) is 32.4 Å². The quantitative estimate of drug-likeness (QED) is 0.817. The Morgan fingerprint density at radius 1 is 1.36 bits per heavy atom. The van der Waals surface area contributed by atoms with Gasteiger partial charge in [-0.1, -0.05) is 42.5 Å². The number of hydrogen-bond donors (Lipinski definition) is 2. The first-order chi connectivity index (χ1) is 10.6. The zero-order valence-electron chi connectivity index (χ0n) is 13.1. The van der Waals surface area contributed by atoms with Crippen molar-refractivity contribution >= 4 is 29.3 Å². The first-order valence-corrected chi connectivity index (χ1v) is 8.08. The van der Waals surface area contributed by atoms with E-state index in [2.05, 4.69) is 10.6 Å². The van der Waals surface area contributed by atoms with Gasteiger partial charge in [0.1, 0.15) is 6.04 Å². The summed E-state index contributed by atoms with van der Waals surface area (Å²) in [4.78, 5) is 14.4. The molecule has 0 bridgehead atoms. The summed E-state index contributed by atoms with van der Waals surface area (Å²) in [6, 6.07) is 10.1. The van der Waals surface area contributed by atoms with Gasteiger partial charge < -0.3 is 15.5 Å². The van der Waals surface area contributed by atoms with Crippen LogP contribution in [0.3, 0.4) is 0 Å². The van der Waals surface area contributed by atoms with Crippen LogP contribution in [0.2, 0.25) is 0 Å². The van der Waals surface area contributed by atoms with Gasteiger partial charge in [0.15, 0.2) is 5.11 Å². The molecule has 1 fully saturated rings. The maximum Gasteiger partial charge on any atom is 0.245 e. The molecule has 0 unspecified atom stereocenters. The number of amides is 1. The molecule has 2 N–H and O–H groups in total. The summed E-state index contributed by atoms with van der Waals surface area (Å²) in [6.07, 6.45) is 4.82. The third-order valence-electron chi connectivity index (χ3n) is 3.70. The Hall–Kier alpha value is -1.88. The van der Waals surface area contributed by atoms with Crippen LogP contribution in [0.4, 0.5) is 0 Å². The molecule has 0 radical (unpaired) electrons. The fourth-order valence-electron chi connectivity index (χ4n) is 2.53. The summed E-state index contributed by atoms with van der Waals surface area (Å²) >= 11 is 5.15. The molecular formula is C17H23N3OS. The van der Waals surface area contributed by atoms with Gasteiger partial charge >= 0.3 is 0 Å². The van der Waals surface area contributed by atoms with Gasteiger partial charge in [-0.25, -0.2) is 0 Å². The van der Waals surface area contributed by atoms with Gasteiger partial charge in [-0.05, 0) is 38.0 Å². The van der Waals surface area contributed by atoms with Crippen LogP contribution in [0.25, 0.3) is 6.08 Å². The van der Waals surface area contributed by atoms with Gasteiger partial charge in [0.25, 0.3) is 0 Å². The van der Waals surface area contributed by atoms with Gasteiger partial charge in [0.2, 0.25) is 5.91 Å². The highest BCUT2D eigenvalue weighted by atomic mass is 32.1. The Morgan fingerprint density at radius 2 is 2.09 bits per heavy atom. The lowest BCUT2D eigenvalue weighted by Crippen LogP contribution is -2.58. The second kappa shape index (κ2) is 7.94. The van der Waals surface area contributed by atoms with Gasteiger partial charge in [0.05, 0.1) is 0 Å². The van der Waals surface area contributed by atoms with Crippen LogP contribution in [0.1, 0.15) is 25.8 Å². The van der Waals surface area contributed by atoms with E-state index < -0.39 is 0 Å². The van der Waals surface area contributed by atoms with E-state index in [1.165, 1.54) is 0 Å². The average molecular weight is 317 g/mol. The highest BCUT2D eigenvalue weighted by molar-refractivity contribution is 7.80. The van der Waals surface area contributed by atoms with Crippen LogP contribution < -0.4 is 10.6 Å². The molecule has 2 atom stereocenters. The van der Waals surface area contributed by atoms with Gasteiger partial charge in [-0.15, -0.1) is 0 Å². The maximum atomic E-state index is 12.6. The molecule has 1 amide bonds. The number of rotatable bonds is 5. The minimum absolute atomic E-state index is 0.107. The number of benzene rings is 1. The standard InChI is InChI=1S/C17H23N3OS/c1-3-20(11-7-10-14-8-5-4-6-9-14)16(21)15-12-13(2)18-17(22)19-15/h4-10,13,15H,3,11-12H2,1-2H3,(H2,18,19,22)/b10-7+/t13-,15+/m1/s1. The number of likely N-dealkylation sites (N-methyl/N-ethyl adjacent to an activating group) is 1. The van der Waals surface area contributed by atoms with Crippen LogP contribution in [0.15, 0.2) is 36.4 Å². The van der Waals surface area contributed by atoms with E-state index in [0.717, 1.165) is 12.0 Å². The molecular weight excluding hydrogens is 294 g/mol. The fraction of sp³-hybridized carbons (Fsp3) is 0.412. The van der Waals surface area contributed by atoms with E-state index in [-0.39, 0.29) is 18.0 Å². The van der Waals surface area contributed by atoms with Crippen molar-refractivity contribution in [3.8, 4) is 0 Å². The third kappa shape index (κ3) is 4.56. The van der Waals surface area contributed by atoms with Crippen LogP contribution in [0.5, 0.6) is 0 Å². The lowest BCUT2D eigenvalue weighted by atomic mass is 10.1. The van der Waals surface area contributed by atoms with E-state index in [4.69, 9.17) is 12.2 Å². The Balaban J connectivity index is 1.94.